The minimum atomic E-state index is -3.82. The lowest BCUT2D eigenvalue weighted by atomic mass is 9.92. The van der Waals surface area contributed by atoms with E-state index in [1.807, 2.05) is 18.2 Å². The predicted octanol–water partition coefficient (Wildman–Crippen LogP) is 5.48. The third-order valence-corrected chi connectivity index (χ3v) is 7.15. The SMILES string of the molecule is CC(=O)N[C@@H]1CC[C@H]2c3cc(C(=O)Nc4ccc(OC(F)(F)Cl)cc4)cc(-c4ccn[nH]4)c3N(C(C)C)[C@@H]12. The molecule has 3 aromatic rings. The van der Waals surface area contributed by atoms with Crippen LogP contribution in [0.1, 0.15) is 55.5 Å². The third kappa shape index (κ3) is 5.05. The number of hydrogen-bond donors (Lipinski definition) is 3. The first-order chi connectivity index (χ1) is 18.0. The number of ether oxygens (including phenoxy) is 1. The zero-order chi connectivity index (χ0) is 27.2. The molecule has 1 saturated carbocycles. The number of anilines is 2. The lowest BCUT2D eigenvalue weighted by molar-refractivity contribution is -0.119. The molecule has 200 valence electrons. The van der Waals surface area contributed by atoms with E-state index in [-0.39, 0.29) is 41.6 Å². The topological polar surface area (TPSA) is 99.4 Å². The summed E-state index contributed by atoms with van der Waals surface area (Å²) in [5.41, 5.74) is 0.768. The summed E-state index contributed by atoms with van der Waals surface area (Å²) in [5.74, 6) is -0.389. The van der Waals surface area contributed by atoms with Gasteiger partial charge < -0.3 is 20.3 Å². The number of hydrogen-bond acceptors (Lipinski definition) is 5. The van der Waals surface area contributed by atoms with Crippen LogP contribution in [0, 0.1) is 0 Å². The average molecular weight is 544 g/mol. The summed E-state index contributed by atoms with van der Waals surface area (Å²) in [4.78, 5) is 27.7. The van der Waals surface area contributed by atoms with Gasteiger partial charge in [-0.05, 0) is 74.7 Å². The Morgan fingerprint density at radius 2 is 1.92 bits per heavy atom. The lowest BCUT2D eigenvalue weighted by Gasteiger charge is -2.36. The van der Waals surface area contributed by atoms with Crippen molar-refractivity contribution in [3.63, 3.8) is 0 Å². The Labute approximate surface area is 223 Å². The largest absolute Gasteiger partial charge is 0.487 e. The van der Waals surface area contributed by atoms with Crippen molar-refractivity contribution in [2.45, 2.75) is 63.2 Å². The van der Waals surface area contributed by atoms with Crippen LogP contribution in [0.15, 0.2) is 48.7 Å². The van der Waals surface area contributed by atoms with Gasteiger partial charge in [0.2, 0.25) is 5.91 Å². The van der Waals surface area contributed by atoms with Crippen LogP contribution < -0.4 is 20.3 Å². The number of fused-ring (bicyclic) bond motifs is 3. The van der Waals surface area contributed by atoms with Gasteiger partial charge in [-0.2, -0.15) is 5.10 Å². The van der Waals surface area contributed by atoms with Crippen LogP contribution in [0.3, 0.4) is 0 Å². The summed E-state index contributed by atoms with van der Waals surface area (Å²) in [6.07, 6.45) is 3.40. The second kappa shape index (κ2) is 9.90. The summed E-state index contributed by atoms with van der Waals surface area (Å²) in [7, 11) is 0. The highest BCUT2D eigenvalue weighted by molar-refractivity contribution is 6.20. The number of nitrogens with zero attached hydrogens (tertiary/aromatic N) is 2. The molecule has 0 unspecified atom stereocenters. The zero-order valence-corrected chi connectivity index (χ0v) is 21.9. The molecule has 1 aliphatic carbocycles. The molecule has 1 aromatic heterocycles. The maximum absolute atomic E-state index is 13.4. The highest BCUT2D eigenvalue weighted by Crippen LogP contribution is 2.53. The Balaban J connectivity index is 1.51. The van der Waals surface area contributed by atoms with Crippen LogP contribution in [0.5, 0.6) is 5.75 Å². The van der Waals surface area contributed by atoms with E-state index < -0.39 is 5.57 Å². The number of aromatic nitrogens is 2. The molecule has 2 aliphatic rings. The molecule has 5 rings (SSSR count). The van der Waals surface area contributed by atoms with Crippen molar-refractivity contribution in [1.29, 1.82) is 0 Å². The minimum Gasteiger partial charge on any atom is -0.420 e. The maximum Gasteiger partial charge on any atom is 0.487 e. The molecule has 2 heterocycles. The van der Waals surface area contributed by atoms with Gasteiger partial charge in [-0.15, -0.1) is 8.78 Å². The Hall–Kier alpha value is -3.66. The molecule has 3 N–H and O–H groups in total. The second-order valence-electron chi connectivity index (χ2n) is 9.94. The van der Waals surface area contributed by atoms with E-state index in [0.29, 0.717) is 11.3 Å². The number of H-pyrrole nitrogens is 1. The molecular formula is C27H28ClF2N5O3. The molecule has 8 nitrogen and oxygen atoms in total. The van der Waals surface area contributed by atoms with Gasteiger partial charge in [0.05, 0.1) is 17.4 Å². The van der Waals surface area contributed by atoms with Gasteiger partial charge in [0, 0.05) is 59.5 Å². The first-order valence-corrected chi connectivity index (χ1v) is 12.8. The maximum atomic E-state index is 13.4. The fourth-order valence-electron chi connectivity index (χ4n) is 5.79. The molecule has 1 aliphatic heterocycles. The van der Waals surface area contributed by atoms with Crippen molar-refractivity contribution in [3.8, 4) is 17.0 Å². The third-order valence-electron chi connectivity index (χ3n) is 7.08. The number of aromatic amines is 1. The number of carbonyl (C=O) groups excluding carboxylic acids is 2. The van der Waals surface area contributed by atoms with Crippen LogP contribution in [0.2, 0.25) is 0 Å². The number of nitrogens with one attached hydrogen (secondary N) is 3. The van der Waals surface area contributed by atoms with Crippen molar-refractivity contribution >= 4 is 34.8 Å². The molecule has 3 atom stereocenters. The van der Waals surface area contributed by atoms with E-state index >= 15 is 0 Å². The Morgan fingerprint density at radius 1 is 1.18 bits per heavy atom. The number of benzene rings is 2. The van der Waals surface area contributed by atoms with Crippen molar-refractivity contribution in [2.24, 2.45) is 0 Å². The normalized spacial score (nSPS) is 20.3. The van der Waals surface area contributed by atoms with Crippen LogP contribution in [0.4, 0.5) is 20.2 Å². The molecular weight excluding hydrogens is 516 g/mol. The predicted molar refractivity (Wildman–Crippen MR) is 141 cm³/mol. The molecule has 38 heavy (non-hydrogen) atoms. The number of halogens is 3. The van der Waals surface area contributed by atoms with Crippen LogP contribution in [-0.2, 0) is 4.79 Å². The Morgan fingerprint density at radius 3 is 2.53 bits per heavy atom. The summed E-state index contributed by atoms with van der Waals surface area (Å²) < 4.78 is 30.1. The van der Waals surface area contributed by atoms with Crippen LogP contribution in [0.25, 0.3) is 11.3 Å². The van der Waals surface area contributed by atoms with E-state index in [9.17, 15) is 18.4 Å². The molecule has 11 heteroatoms. The molecule has 0 spiro atoms. The second-order valence-corrected chi connectivity index (χ2v) is 10.4. The minimum absolute atomic E-state index is 0.000270. The zero-order valence-electron chi connectivity index (χ0n) is 21.1. The first-order valence-electron chi connectivity index (χ1n) is 12.4. The summed E-state index contributed by atoms with van der Waals surface area (Å²) in [5, 5.41) is 13.1. The van der Waals surface area contributed by atoms with Crippen LogP contribution >= 0.6 is 11.6 Å². The monoisotopic (exact) mass is 543 g/mol. The fraction of sp³-hybridized carbons (Fsp3) is 0.370. The highest BCUT2D eigenvalue weighted by Gasteiger charge is 2.49. The summed E-state index contributed by atoms with van der Waals surface area (Å²) in [6, 6.07) is 11.4. The molecule has 2 aromatic carbocycles. The van der Waals surface area contributed by atoms with Gasteiger partial charge in [-0.3, -0.25) is 14.7 Å². The van der Waals surface area contributed by atoms with E-state index in [2.05, 4.69) is 44.3 Å². The number of rotatable bonds is 7. The van der Waals surface area contributed by atoms with E-state index in [1.165, 1.54) is 31.2 Å². The van der Waals surface area contributed by atoms with Gasteiger partial charge in [0.25, 0.3) is 5.91 Å². The van der Waals surface area contributed by atoms with Crippen molar-refractivity contribution in [1.82, 2.24) is 15.5 Å². The number of carbonyl (C=O) groups is 2. The van der Waals surface area contributed by atoms with E-state index in [4.69, 9.17) is 11.6 Å². The Bertz CT molecular complexity index is 1340. The average Bonchev–Trinajstić information content (AvgIpc) is 3.56. The van der Waals surface area contributed by atoms with E-state index in [0.717, 1.165) is 35.3 Å². The first kappa shape index (κ1) is 26.0. The molecule has 0 radical (unpaired) electrons. The van der Waals surface area contributed by atoms with Gasteiger partial charge >= 0.3 is 5.57 Å². The smallest absolute Gasteiger partial charge is 0.420 e. The Kier molecular flexibility index (Phi) is 6.77. The van der Waals surface area contributed by atoms with Crippen molar-refractivity contribution in [3.05, 3.63) is 59.8 Å². The quantitative estimate of drug-likeness (QED) is 0.343. The molecule has 2 amide bonds. The standard InChI is InChI=1S/C27H28ClF2N5O3/c1-14(2)35-24-20(19-8-9-23(25(19)35)32-15(3)36)12-16(13-21(24)22-10-11-31-34-22)26(37)33-17-4-6-18(7-5-17)38-27(28,29)30/h4-7,10-14,19,23,25H,8-9H2,1-3H3,(H,31,34)(H,32,36)(H,33,37)/t19-,23+,25+/m0/s1. The van der Waals surface area contributed by atoms with Gasteiger partial charge in [0.15, 0.2) is 0 Å². The van der Waals surface area contributed by atoms with Gasteiger partial charge in [-0.1, -0.05) is 0 Å². The van der Waals surface area contributed by atoms with Crippen molar-refractivity contribution < 1.29 is 23.1 Å². The lowest BCUT2D eigenvalue weighted by Crippen LogP contribution is -2.50. The van der Waals surface area contributed by atoms with Gasteiger partial charge in [-0.25, -0.2) is 0 Å². The summed E-state index contributed by atoms with van der Waals surface area (Å²) in [6.45, 7) is 5.79. The fourth-order valence-corrected chi connectivity index (χ4v) is 5.88. The molecule has 0 bridgehead atoms. The number of alkyl halides is 3. The van der Waals surface area contributed by atoms with Crippen molar-refractivity contribution in [2.75, 3.05) is 10.2 Å². The van der Waals surface area contributed by atoms with E-state index in [1.54, 1.807) is 6.20 Å². The molecule has 1 fully saturated rings. The van der Waals surface area contributed by atoms with Crippen LogP contribution in [-0.4, -0.2) is 45.7 Å². The highest BCUT2D eigenvalue weighted by atomic mass is 35.5. The molecule has 0 saturated heterocycles. The van der Waals surface area contributed by atoms with Gasteiger partial charge in [0.1, 0.15) is 5.75 Å². The summed E-state index contributed by atoms with van der Waals surface area (Å²) >= 11 is 4.82. The number of amides is 2.